The van der Waals surface area contributed by atoms with Crippen molar-refractivity contribution in [2.24, 2.45) is 0 Å². The molecule has 1 heterocycles. The van der Waals surface area contributed by atoms with Crippen molar-refractivity contribution < 1.29 is 4.39 Å². The Morgan fingerprint density at radius 2 is 2.08 bits per heavy atom. The SMILES string of the molecule is Fc1ccc(-c2ccc[nH]2)cc1Cl. The predicted molar refractivity (Wildman–Crippen MR) is 51.2 cm³/mol. The average molecular weight is 196 g/mol. The molecule has 1 aromatic heterocycles. The number of nitrogens with one attached hydrogen (secondary N) is 1. The van der Waals surface area contributed by atoms with Crippen molar-refractivity contribution in [3.05, 3.63) is 47.4 Å². The number of hydrogen-bond donors (Lipinski definition) is 1. The molecular formula is C10H7ClFN. The average Bonchev–Trinajstić information content (AvgIpc) is 2.62. The molecule has 1 nitrogen and oxygen atoms in total. The number of benzene rings is 1. The summed E-state index contributed by atoms with van der Waals surface area (Å²) < 4.78 is 12.8. The first-order valence-electron chi connectivity index (χ1n) is 3.86. The molecule has 0 aliphatic rings. The van der Waals surface area contributed by atoms with Gasteiger partial charge in [0.1, 0.15) is 5.82 Å². The van der Waals surface area contributed by atoms with Crippen molar-refractivity contribution in [2.75, 3.05) is 0 Å². The number of aromatic amines is 1. The first-order valence-corrected chi connectivity index (χ1v) is 4.24. The lowest BCUT2D eigenvalue weighted by Crippen LogP contribution is -1.80. The van der Waals surface area contributed by atoms with E-state index >= 15 is 0 Å². The summed E-state index contributed by atoms with van der Waals surface area (Å²) in [7, 11) is 0. The molecule has 2 rings (SSSR count). The van der Waals surface area contributed by atoms with E-state index in [9.17, 15) is 4.39 Å². The summed E-state index contributed by atoms with van der Waals surface area (Å²) in [5, 5.41) is 0.145. The highest BCUT2D eigenvalue weighted by atomic mass is 35.5. The second kappa shape index (κ2) is 3.23. The van der Waals surface area contributed by atoms with Crippen LogP contribution in [-0.4, -0.2) is 4.98 Å². The quantitative estimate of drug-likeness (QED) is 0.717. The Hall–Kier alpha value is -1.28. The van der Waals surface area contributed by atoms with Crippen LogP contribution in [0.3, 0.4) is 0 Å². The number of rotatable bonds is 1. The topological polar surface area (TPSA) is 15.8 Å². The molecule has 0 unspecified atom stereocenters. The highest BCUT2D eigenvalue weighted by Crippen LogP contribution is 2.23. The Kier molecular flexibility index (Phi) is 2.07. The van der Waals surface area contributed by atoms with E-state index in [1.807, 2.05) is 18.3 Å². The summed E-state index contributed by atoms with van der Waals surface area (Å²) in [4.78, 5) is 3.02. The van der Waals surface area contributed by atoms with Crippen LogP contribution in [0.25, 0.3) is 11.3 Å². The van der Waals surface area contributed by atoms with E-state index in [1.54, 1.807) is 12.1 Å². The van der Waals surface area contributed by atoms with Gasteiger partial charge in [-0.1, -0.05) is 11.6 Å². The number of hydrogen-bond acceptors (Lipinski definition) is 0. The maximum atomic E-state index is 12.8. The van der Waals surface area contributed by atoms with E-state index in [2.05, 4.69) is 4.98 Å². The van der Waals surface area contributed by atoms with Gasteiger partial charge in [0.2, 0.25) is 0 Å². The summed E-state index contributed by atoms with van der Waals surface area (Å²) in [6.45, 7) is 0. The van der Waals surface area contributed by atoms with E-state index in [-0.39, 0.29) is 5.02 Å². The molecule has 0 saturated carbocycles. The predicted octanol–water partition coefficient (Wildman–Crippen LogP) is 3.47. The first-order chi connectivity index (χ1) is 6.27. The van der Waals surface area contributed by atoms with E-state index < -0.39 is 5.82 Å². The summed E-state index contributed by atoms with van der Waals surface area (Å²) >= 11 is 5.64. The fraction of sp³-hybridized carbons (Fsp3) is 0. The maximum absolute atomic E-state index is 12.8. The lowest BCUT2D eigenvalue weighted by Gasteiger charge is -1.99. The molecule has 0 spiro atoms. The monoisotopic (exact) mass is 195 g/mol. The molecule has 0 fully saturated rings. The molecule has 3 heteroatoms. The fourth-order valence-corrected chi connectivity index (χ4v) is 1.35. The first kappa shape index (κ1) is 8.32. The third kappa shape index (κ3) is 1.58. The van der Waals surface area contributed by atoms with E-state index in [1.165, 1.54) is 6.07 Å². The Morgan fingerprint density at radius 1 is 1.23 bits per heavy atom. The number of halogens is 2. The molecule has 66 valence electrons. The second-order valence-electron chi connectivity index (χ2n) is 2.71. The van der Waals surface area contributed by atoms with E-state index in [0.29, 0.717) is 0 Å². The van der Waals surface area contributed by atoms with E-state index in [4.69, 9.17) is 11.6 Å². The Balaban J connectivity index is 2.49. The van der Waals surface area contributed by atoms with Crippen LogP contribution in [0.2, 0.25) is 5.02 Å². The standard InChI is InChI=1S/C10H7ClFN/c11-8-6-7(3-4-9(8)12)10-2-1-5-13-10/h1-6,13H. The molecule has 1 aromatic carbocycles. The summed E-state index contributed by atoms with van der Waals surface area (Å²) in [6.07, 6.45) is 1.81. The van der Waals surface area contributed by atoms with Crippen LogP contribution in [0.15, 0.2) is 36.5 Å². The highest BCUT2D eigenvalue weighted by Gasteiger charge is 2.02. The Bertz CT molecular complexity index is 409. The molecule has 0 aliphatic heterocycles. The van der Waals surface area contributed by atoms with Gasteiger partial charge in [-0.25, -0.2) is 4.39 Å². The summed E-state index contributed by atoms with van der Waals surface area (Å²) in [5.74, 6) is -0.392. The molecule has 0 amide bonds. The van der Waals surface area contributed by atoms with Crippen molar-refractivity contribution in [1.29, 1.82) is 0 Å². The smallest absolute Gasteiger partial charge is 0.141 e. The van der Waals surface area contributed by atoms with Crippen LogP contribution in [0.5, 0.6) is 0 Å². The van der Waals surface area contributed by atoms with Crippen LogP contribution in [0.1, 0.15) is 0 Å². The second-order valence-corrected chi connectivity index (χ2v) is 3.12. The van der Waals surface area contributed by atoms with Crippen LogP contribution >= 0.6 is 11.6 Å². The zero-order valence-corrected chi connectivity index (χ0v) is 7.48. The summed E-state index contributed by atoms with van der Waals surface area (Å²) in [5.41, 5.74) is 1.82. The van der Waals surface area contributed by atoms with Gasteiger partial charge in [0.15, 0.2) is 0 Å². The van der Waals surface area contributed by atoms with Crippen LogP contribution in [0, 0.1) is 5.82 Å². The van der Waals surface area contributed by atoms with Crippen molar-refractivity contribution in [3.63, 3.8) is 0 Å². The largest absolute Gasteiger partial charge is 0.361 e. The van der Waals surface area contributed by atoms with Gasteiger partial charge < -0.3 is 4.98 Å². The molecule has 2 aromatic rings. The molecule has 0 saturated heterocycles. The minimum absolute atomic E-state index is 0.145. The van der Waals surface area contributed by atoms with Crippen LogP contribution < -0.4 is 0 Å². The van der Waals surface area contributed by atoms with Gasteiger partial charge in [0.05, 0.1) is 5.02 Å². The van der Waals surface area contributed by atoms with Gasteiger partial charge in [-0.2, -0.15) is 0 Å². The zero-order valence-electron chi connectivity index (χ0n) is 6.72. The van der Waals surface area contributed by atoms with Gasteiger partial charge in [-0.3, -0.25) is 0 Å². The van der Waals surface area contributed by atoms with Crippen LogP contribution in [-0.2, 0) is 0 Å². The zero-order chi connectivity index (χ0) is 9.26. The third-order valence-corrected chi connectivity index (χ3v) is 2.12. The van der Waals surface area contributed by atoms with E-state index in [0.717, 1.165) is 11.3 Å². The van der Waals surface area contributed by atoms with Gasteiger partial charge in [-0.05, 0) is 35.9 Å². The van der Waals surface area contributed by atoms with Crippen molar-refractivity contribution in [3.8, 4) is 11.3 Å². The number of H-pyrrole nitrogens is 1. The number of aromatic nitrogens is 1. The molecule has 0 bridgehead atoms. The fourth-order valence-electron chi connectivity index (χ4n) is 1.17. The van der Waals surface area contributed by atoms with Gasteiger partial charge in [-0.15, -0.1) is 0 Å². The third-order valence-electron chi connectivity index (χ3n) is 1.83. The molecule has 0 aliphatic carbocycles. The van der Waals surface area contributed by atoms with Crippen molar-refractivity contribution >= 4 is 11.6 Å². The minimum Gasteiger partial charge on any atom is -0.361 e. The minimum atomic E-state index is -0.392. The normalized spacial score (nSPS) is 10.3. The Labute approximate surface area is 80.2 Å². The van der Waals surface area contributed by atoms with Gasteiger partial charge in [0.25, 0.3) is 0 Å². The summed E-state index contributed by atoms with van der Waals surface area (Å²) in [6, 6.07) is 8.43. The molecule has 13 heavy (non-hydrogen) atoms. The Morgan fingerprint density at radius 3 is 2.69 bits per heavy atom. The molecule has 1 N–H and O–H groups in total. The van der Waals surface area contributed by atoms with Crippen molar-refractivity contribution in [2.45, 2.75) is 0 Å². The highest BCUT2D eigenvalue weighted by molar-refractivity contribution is 6.31. The lowest BCUT2D eigenvalue weighted by atomic mass is 10.1. The van der Waals surface area contributed by atoms with Gasteiger partial charge >= 0.3 is 0 Å². The lowest BCUT2D eigenvalue weighted by molar-refractivity contribution is 0.628. The van der Waals surface area contributed by atoms with Gasteiger partial charge in [0, 0.05) is 11.9 Å². The molecule has 0 radical (unpaired) electrons. The molecular weight excluding hydrogens is 189 g/mol. The molecule has 0 atom stereocenters. The van der Waals surface area contributed by atoms with Crippen molar-refractivity contribution in [1.82, 2.24) is 4.98 Å². The van der Waals surface area contributed by atoms with Crippen LogP contribution in [0.4, 0.5) is 4.39 Å². The maximum Gasteiger partial charge on any atom is 0.141 e.